The Morgan fingerprint density at radius 1 is 0.875 bits per heavy atom. The van der Waals surface area contributed by atoms with Crippen LogP contribution >= 0.6 is 11.6 Å². The molecular weight excluding hydrogens is 257 g/mol. The average molecular weight is 270 g/mol. The molecule has 0 rings (SSSR count). The molecule has 7 heteroatoms. The molecule has 0 aromatic rings. The van der Waals surface area contributed by atoms with Crippen LogP contribution in [0.2, 0.25) is 0 Å². The van der Waals surface area contributed by atoms with Crippen LogP contribution in [0.4, 0.5) is 0 Å². The van der Waals surface area contributed by atoms with E-state index in [-0.39, 0.29) is 0 Å². The molecule has 0 bridgehead atoms. The lowest BCUT2D eigenvalue weighted by atomic mass is 10.4. The third kappa shape index (κ3) is 37.7. The van der Waals surface area contributed by atoms with Crippen LogP contribution in [0.5, 0.6) is 0 Å². The molecule has 0 fully saturated rings. The van der Waals surface area contributed by atoms with E-state index in [4.69, 9.17) is 30.2 Å². The van der Waals surface area contributed by atoms with E-state index in [1.165, 1.54) is 5.54 Å². The van der Waals surface area contributed by atoms with Gasteiger partial charge in [-0.25, -0.2) is 23.2 Å². The summed E-state index contributed by atoms with van der Waals surface area (Å²) in [6, 6.07) is 0. The Kier molecular flexibility index (Phi) is 12.0. The number of hydrogen-bond acceptors (Lipinski definition) is 4. The summed E-state index contributed by atoms with van der Waals surface area (Å²) in [5, 5.41) is 0. The molecule has 0 radical (unpaired) electrons. The summed E-state index contributed by atoms with van der Waals surface area (Å²) in [5.74, 6) is 0. The van der Waals surface area contributed by atoms with Crippen molar-refractivity contribution < 1.29 is 33.5 Å². The zero-order valence-electron chi connectivity index (χ0n) is 8.88. The fourth-order valence-corrected chi connectivity index (χ4v) is 0.540. The smallest absolute Gasteiger partial charge is 0.162 e. The molecule has 0 heterocycles. The number of rotatable bonds is 3. The summed E-state index contributed by atoms with van der Waals surface area (Å²) < 4.78 is 35.9. The van der Waals surface area contributed by atoms with Gasteiger partial charge in [0.2, 0.25) is 0 Å². The van der Waals surface area contributed by atoms with Crippen LogP contribution in [-0.4, -0.2) is 24.9 Å². The summed E-state index contributed by atoms with van der Waals surface area (Å²) in [6.07, 6.45) is 11.4. The van der Waals surface area contributed by atoms with E-state index >= 15 is 0 Å². The van der Waals surface area contributed by atoms with Crippen molar-refractivity contribution in [2.75, 3.05) is 14.1 Å². The molecule has 0 unspecified atom stereocenters. The molecule has 0 aromatic heterocycles. The van der Waals surface area contributed by atoms with Crippen LogP contribution in [0.3, 0.4) is 0 Å². The van der Waals surface area contributed by atoms with Gasteiger partial charge in [0, 0.05) is 11.6 Å². The maximum atomic E-state index is 8.49. The van der Waals surface area contributed by atoms with Gasteiger partial charge in [0.15, 0.2) is 6.21 Å². The van der Waals surface area contributed by atoms with Gasteiger partial charge in [0.25, 0.3) is 0 Å². The Balaban J connectivity index is 0. The van der Waals surface area contributed by atoms with Crippen molar-refractivity contribution in [3.63, 3.8) is 0 Å². The van der Waals surface area contributed by atoms with Crippen molar-refractivity contribution in [2.24, 2.45) is 0 Å². The summed E-state index contributed by atoms with van der Waals surface area (Å²) in [5.41, 5.74) is 1.47. The molecule has 0 atom stereocenters. The minimum Gasteiger partial charge on any atom is -0.241 e. The first-order chi connectivity index (χ1) is 7.27. The van der Waals surface area contributed by atoms with Crippen molar-refractivity contribution in [1.82, 2.24) is 0 Å². The van der Waals surface area contributed by atoms with Crippen LogP contribution in [0, 0.1) is 10.2 Å². The predicted molar refractivity (Wildman–Crippen MR) is 51.4 cm³/mol. The molecule has 0 N–H and O–H groups in total. The average Bonchev–Trinajstić information content (AvgIpc) is 2.08. The Bertz CT molecular complexity index is 270. The van der Waals surface area contributed by atoms with Gasteiger partial charge in [-0.15, -0.1) is 10.2 Å². The van der Waals surface area contributed by atoms with Gasteiger partial charge in [-0.1, -0.05) is 35.9 Å². The van der Waals surface area contributed by atoms with Gasteiger partial charge >= 0.3 is 0 Å². The quantitative estimate of drug-likeness (QED) is 0.320. The SMILES string of the molecule is C[N+](C)=CC=CC=CC=CCl.[O-][Cl+3]([O-])([O-])[O-]. The van der Waals surface area contributed by atoms with Gasteiger partial charge in [0.05, 0.1) is 0 Å². The molecule has 0 saturated carbocycles. The van der Waals surface area contributed by atoms with Crippen molar-refractivity contribution in [2.45, 2.75) is 0 Å². The minimum absolute atomic E-state index is 1.47. The van der Waals surface area contributed by atoms with Gasteiger partial charge in [-0.3, -0.25) is 0 Å². The lowest BCUT2D eigenvalue weighted by Gasteiger charge is -2.17. The Hall–Kier alpha value is -0.690. The normalized spacial score (nSPS) is 11.9. The molecule has 0 aliphatic rings. The summed E-state index contributed by atoms with van der Waals surface area (Å²) in [7, 11) is -0.987. The largest absolute Gasteiger partial charge is 0.241 e. The number of halogens is 2. The van der Waals surface area contributed by atoms with Gasteiger partial charge in [0.1, 0.15) is 14.1 Å². The lowest BCUT2D eigenvalue weighted by molar-refractivity contribution is -2.00. The third-order valence-corrected chi connectivity index (χ3v) is 1.05. The third-order valence-electron chi connectivity index (χ3n) is 0.901. The van der Waals surface area contributed by atoms with Crippen LogP contribution in [-0.2, 0) is 0 Å². The molecular formula is C9H13Cl2NO4. The highest BCUT2D eigenvalue weighted by Gasteiger charge is 1.84. The van der Waals surface area contributed by atoms with E-state index < -0.39 is 10.2 Å². The first kappa shape index (κ1) is 17.7. The Morgan fingerprint density at radius 3 is 1.62 bits per heavy atom. The monoisotopic (exact) mass is 269 g/mol. The second kappa shape index (κ2) is 10.8. The highest BCUT2D eigenvalue weighted by atomic mass is 35.7. The molecule has 0 saturated heterocycles. The molecule has 0 aliphatic carbocycles. The number of hydrogen-bond donors (Lipinski definition) is 0. The second-order valence-electron chi connectivity index (χ2n) is 2.58. The molecule has 0 spiro atoms. The van der Waals surface area contributed by atoms with Gasteiger partial charge < -0.3 is 0 Å². The maximum absolute atomic E-state index is 8.49. The highest BCUT2D eigenvalue weighted by Crippen LogP contribution is 1.81. The second-order valence-corrected chi connectivity index (χ2v) is 3.59. The fourth-order valence-electron chi connectivity index (χ4n) is 0.456. The van der Waals surface area contributed by atoms with Crippen LogP contribution in [0.1, 0.15) is 0 Å². The highest BCUT2D eigenvalue weighted by molar-refractivity contribution is 6.25. The van der Waals surface area contributed by atoms with Crippen LogP contribution in [0.15, 0.2) is 35.9 Å². The summed E-state index contributed by atoms with van der Waals surface area (Å²) in [4.78, 5) is 0. The zero-order chi connectivity index (χ0) is 13.0. The maximum Gasteiger partial charge on any atom is 0.162 e. The van der Waals surface area contributed by atoms with Gasteiger partial charge in [-0.05, 0) is 0 Å². The van der Waals surface area contributed by atoms with E-state index in [1.807, 2.05) is 49.2 Å². The molecule has 16 heavy (non-hydrogen) atoms. The topological polar surface area (TPSA) is 95.2 Å². The van der Waals surface area contributed by atoms with E-state index in [0.29, 0.717) is 0 Å². The number of nitrogens with zero attached hydrogens (tertiary/aromatic N) is 1. The van der Waals surface area contributed by atoms with E-state index in [1.54, 1.807) is 6.08 Å². The van der Waals surface area contributed by atoms with Crippen LogP contribution < -0.4 is 18.6 Å². The summed E-state index contributed by atoms with van der Waals surface area (Å²) >= 11 is 5.29. The number of allylic oxidation sites excluding steroid dienone is 5. The van der Waals surface area contributed by atoms with Crippen molar-refractivity contribution in [3.05, 3.63) is 35.9 Å². The molecule has 0 aliphatic heterocycles. The first-order valence-corrected chi connectivity index (χ1v) is 5.66. The molecule has 92 valence electrons. The first-order valence-electron chi connectivity index (χ1n) is 3.99. The van der Waals surface area contributed by atoms with Gasteiger partial charge in [-0.2, -0.15) is 0 Å². The zero-order valence-corrected chi connectivity index (χ0v) is 10.4. The van der Waals surface area contributed by atoms with Crippen molar-refractivity contribution in [3.8, 4) is 0 Å². The Morgan fingerprint density at radius 2 is 1.25 bits per heavy atom. The van der Waals surface area contributed by atoms with Crippen LogP contribution in [0.25, 0.3) is 0 Å². The van der Waals surface area contributed by atoms with E-state index in [0.717, 1.165) is 0 Å². The summed E-state index contributed by atoms with van der Waals surface area (Å²) in [6.45, 7) is 0. The molecule has 5 nitrogen and oxygen atoms in total. The van der Waals surface area contributed by atoms with E-state index in [9.17, 15) is 0 Å². The molecule has 0 aromatic carbocycles. The van der Waals surface area contributed by atoms with E-state index in [2.05, 4.69) is 0 Å². The predicted octanol–water partition coefficient (Wildman–Crippen LogP) is -2.56. The lowest BCUT2D eigenvalue weighted by Crippen LogP contribution is -2.68. The standard InChI is InChI=1S/C9H13ClN.ClHO4/c1-11(2)9-7-5-3-4-6-8-10;2-1(3,4)5/h3-9H,1-2H3;(H,2,3,4,5)/q+1;/p-1. The van der Waals surface area contributed by atoms with Crippen molar-refractivity contribution in [1.29, 1.82) is 0 Å². The minimum atomic E-state index is -4.94. The Labute approximate surface area is 102 Å². The van der Waals surface area contributed by atoms with Crippen molar-refractivity contribution >= 4 is 17.8 Å². The molecule has 0 amide bonds. The fraction of sp³-hybridized carbons (Fsp3) is 0.222.